The van der Waals surface area contributed by atoms with E-state index in [0.717, 1.165) is 30.8 Å². The Labute approximate surface area is 178 Å². The van der Waals surface area contributed by atoms with E-state index in [2.05, 4.69) is 47.4 Å². The highest BCUT2D eigenvalue weighted by molar-refractivity contribution is 7.79. The van der Waals surface area contributed by atoms with Crippen molar-refractivity contribution in [2.75, 3.05) is 22.9 Å². The molecular formula is C24H22N2O3S. The van der Waals surface area contributed by atoms with Crippen LogP contribution in [0.1, 0.15) is 12.0 Å². The lowest BCUT2D eigenvalue weighted by Gasteiger charge is -2.26. The molecule has 152 valence electrons. The van der Waals surface area contributed by atoms with Crippen LogP contribution in [0.4, 0.5) is 11.4 Å². The van der Waals surface area contributed by atoms with Gasteiger partial charge in [0.2, 0.25) is 5.91 Å². The van der Waals surface area contributed by atoms with Crippen LogP contribution >= 0.6 is 0 Å². The number of nitrogens with zero attached hydrogens (tertiary/aromatic N) is 2. The molecule has 0 aromatic heterocycles. The van der Waals surface area contributed by atoms with E-state index in [1.807, 2.05) is 6.07 Å². The van der Waals surface area contributed by atoms with Crippen LogP contribution in [0, 0.1) is 0 Å². The minimum Gasteiger partial charge on any atom is -0.359 e. The summed E-state index contributed by atoms with van der Waals surface area (Å²) in [7, 11) is 0. The van der Waals surface area contributed by atoms with Crippen LogP contribution in [0.5, 0.6) is 0 Å². The highest BCUT2D eigenvalue weighted by Gasteiger charge is 2.39. The molecule has 1 unspecified atom stereocenters. The first-order chi connectivity index (χ1) is 14.6. The van der Waals surface area contributed by atoms with E-state index < -0.39 is 11.1 Å². The fourth-order valence-electron chi connectivity index (χ4n) is 4.62. The predicted molar refractivity (Wildman–Crippen MR) is 119 cm³/mol. The second-order valence-corrected chi connectivity index (χ2v) is 8.62. The molecule has 1 amide bonds. The van der Waals surface area contributed by atoms with Gasteiger partial charge in [-0.3, -0.25) is 4.79 Å². The number of amides is 1. The molecule has 0 spiro atoms. The van der Waals surface area contributed by atoms with Gasteiger partial charge in [-0.05, 0) is 59.9 Å². The number of anilines is 2. The summed E-state index contributed by atoms with van der Waals surface area (Å²) in [5.41, 5.74) is 5.68. The van der Waals surface area contributed by atoms with Gasteiger partial charge in [0.1, 0.15) is 6.04 Å². The first kappa shape index (κ1) is 19.0. The van der Waals surface area contributed by atoms with Gasteiger partial charge in [-0.2, -0.15) is 0 Å². The maximum atomic E-state index is 13.3. The second kappa shape index (κ2) is 7.70. The number of fused-ring (bicyclic) bond motifs is 1. The molecule has 0 aliphatic carbocycles. The van der Waals surface area contributed by atoms with Gasteiger partial charge < -0.3 is 14.4 Å². The van der Waals surface area contributed by atoms with Gasteiger partial charge in [0, 0.05) is 24.5 Å². The van der Waals surface area contributed by atoms with Crippen LogP contribution in [0.15, 0.2) is 77.7 Å². The number of hydrogen-bond acceptors (Lipinski definition) is 3. The molecule has 1 N–H and O–H groups in total. The molecule has 2 atom stereocenters. The van der Waals surface area contributed by atoms with Crippen LogP contribution in [-0.4, -0.2) is 33.8 Å². The van der Waals surface area contributed by atoms with Gasteiger partial charge in [-0.1, -0.05) is 42.5 Å². The summed E-state index contributed by atoms with van der Waals surface area (Å²) in [6, 6.07) is 23.3. The molecular weight excluding hydrogens is 396 g/mol. The molecule has 2 aliphatic rings. The minimum atomic E-state index is -2.01. The molecule has 1 saturated heterocycles. The van der Waals surface area contributed by atoms with Gasteiger partial charge in [0.25, 0.3) is 0 Å². The van der Waals surface area contributed by atoms with Crippen molar-refractivity contribution in [3.8, 4) is 11.1 Å². The fourth-order valence-corrected chi connectivity index (χ4v) is 4.99. The first-order valence-electron chi connectivity index (χ1n) is 10.1. The third-order valence-corrected chi connectivity index (χ3v) is 6.73. The van der Waals surface area contributed by atoms with Gasteiger partial charge in [0.15, 0.2) is 11.1 Å². The Morgan fingerprint density at radius 3 is 2.40 bits per heavy atom. The summed E-state index contributed by atoms with van der Waals surface area (Å²) in [6.45, 7) is 1.49. The third kappa shape index (κ3) is 3.22. The van der Waals surface area contributed by atoms with Crippen molar-refractivity contribution < 1.29 is 13.6 Å². The molecule has 5 rings (SSSR count). The lowest BCUT2D eigenvalue weighted by atomic mass is 9.98. The second-order valence-electron chi connectivity index (χ2n) is 7.65. The van der Waals surface area contributed by atoms with Gasteiger partial charge in [-0.25, -0.2) is 4.21 Å². The number of carbonyl (C=O) groups excluding carboxylic acids is 1. The average molecular weight is 419 g/mol. The fraction of sp³-hybridized carbons (Fsp3) is 0.208. The van der Waals surface area contributed by atoms with Crippen molar-refractivity contribution in [2.24, 2.45) is 0 Å². The predicted octanol–water partition coefficient (Wildman–Crippen LogP) is 4.10. The Kier molecular flexibility index (Phi) is 4.89. The minimum absolute atomic E-state index is 0.0887. The van der Waals surface area contributed by atoms with Crippen molar-refractivity contribution in [2.45, 2.75) is 23.8 Å². The molecule has 6 heteroatoms. The van der Waals surface area contributed by atoms with Crippen LogP contribution in [0.3, 0.4) is 0 Å². The summed E-state index contributed by atoms with van der Waals surface area (Å²) in [5.74, 6) is 0.0887. The van der Waals surface area contributed by atoms with Crippen molar-refractivity contribution in [1.82, 2.24) is 0 Å². The Balaban J connectivity index is 1.41. The number of hydrogen-bond donors (Lipinski definition) is 1. The van der Waals surface area contributed by atoms with Crippen LogP contribution in [0.2, 0.25) is 0 Å². The monoisotopic (exact) mass is 418 g/mol. The molecule has 1 fully saturated rings. The van der Waals surface area contributed by atoms with Gasteiger partial charge in [0.05, 0.1) is 4.90 Å². The van der Waals surface area contributed by atoms with E-state index in [0.29, 0.717) is 11.4 Å². The normalized spacial score (nSPS) is 19.2. The van der Waals surface area contributed by atoms with E-state index in [9.17, 15) is 13.6 Å². The highest BCUT2D eigenvalue weighted by Crippen LogP contribution is 2.39. The Hall–Kier alpha value is -2.96. The lowest BCUT2D eigenvalue weighted by Crippen LogP contribution is -2.41. The summed E-state index contributed by atoms with van der Waals surface area (Å²) < 4.78 is 20.4. The smallest absolute Gasteiger partial charge is 0.249 e. The molecule has 2 heterocycles. The number of carbonyl (C=O) groups is 1. The van der Waals surface area contributed by atoms with Crippen LogP contribution in [-0.2, 0) is 22.3 Å². The van der Waals surface area contributed by atoms with Crippen molar-refractivity contribution in [3.63, 3.8) is 0 Å². The number of rotatable bonds is 4. The average Bonchev–Trinajstić information content (AvgIpc) is 3.37. The van der Waals surface area contributed by atoms with Gasteiger partial charge >= 0.3 is 0 Å². The summed E-state index contributed by atoms with van der Waals surface area (Å²) in [4.78, 5) is 17.6. The molecule has 5 nitrogen and oxygen atoms in total. The standard InChI is InChI=1S/C24H22N2O3S/c27-24-23(14-16-25(24)18-9-11-19(12-10-18)30(28)29)26-15-13-21-20(7-4-8-22(21)26)17-5-2-1-3-6-17/h1-12,23H,13-16H2,(H,28,29)/t23-/m0/s1. The maximum absolute atomic E-state index is 13.3. The molecule has 3 aromatic carbocycles. The zero-order valence-electron chi connectivity index (χ0n) is 16.4. The largest absolute Gasteiger partial charge is 0.359 e. The summed E-state index contributed by atoms with van der Waals surface area (Å²) in [5, 5.41) is 0. The van der Waals surface area contributed by atoms with Crippen molar-refractivity contribution in [1.29, 1.82) is 0 Å². The molecule has 30 heavy (non-hydrogen) atoms. The Morgan fingerprint density at radius 1 is 0.900 bits per heavy atom. The van der Waals surface area contributed by atoms with Crippen molar-refractivity contribution in [3.05, 3.63) is 78.4 Å². The number of benzene rings is 3. The zero-order valence-corrected chi connectivity index (χ0v) is 17.2. The molecule has 0 radical (unpaired) electrons. The Bertz CT molecular complexity index is 1120. The molecule has 0 saturated carbocycles. The van der Waals surface area contributed by atoms with Gasteiger partial charge in [-0.15, -0.1) is 0 Å². The highest BCUT2D eigenvalue weighted by atomic mass is 32.2. The van der Waals surface area contributed by atoms with E-state index in [1.54, 1.807) is 29.2 Å². The summed E-state index contributed by atoms with van der Waals surface area (Å²) >= 11 is -2.01. The third-order valence-electron chi connectivity index (χ3n) is 6.05. The van der Waals surface area contributed by atoms with Crippen molar-refractivity contribution >= 4 is 28.4 Å². The quantitative estimate of drug-likeness (QED) is 0.648. The van der Waals surface area contributed by atoms with E-state index >= 15 is 0 Å². The van der Waals surface area contributed by atoms with Crippen LogP contribution < -0.4 is 9.80 Å². The van der Waals surface area contributed by atoms with E-state index in [1.165, 1.54) is 16.7 Å². The SMILES string of the molecule is O=C1[C@@H](N2CCc3c(-c4ccccc4)cccc32)CCN1c1ccc(S(=O)O)cc1. The summed E-state index contributed by atoms with van der Waals surface area (Å²) in [6.07, 6.45) is 1.70. The Morgan fingerprint density at radius 2 is 1.67 bits per heavy atom. The first-order valence-corrected chi connectivity index (χ1v) is 11.2. The van der Waals surface area contributed by atoms with E-state index in [-0.39, 0.29) is 11.9 Å². The molecule has 2 aliphatic heterocycles. The van der Waals surface area contributed by atoms with Crippen LogP contribution in [0.25, 0.3) is 11.1 Å². The maximum Gasteiger partial charge on any atom is 0.249 e. The van der Waals surface area contributed by atoms with E-state index in [4.69, 9.17) is 0 Å². The topological polar surface area (TPSA) is 60.9 Å². The molecule has 0 bridgehead atoms. The molecule has 3 aromatic rings. The lowest BCUT2D eigenvalue weighted by molar-refractivity contribution is -0.118. The zero-order chi connectivity index (χ0) is 20.7.